The third-order valence-corrected chi connectivity index (χ3v) is 17.2. The Hall–Kier alpha value is -6.84. The molecular weight excluding hydrogens is 1160 g/mol. The number of benzene rings is 2. The van der Waals surface area contributed by atoms with Gasteiger partial charge >= 0.3 is 24.1 Å². The van der Waals surface area contributed by atoms with E-state index in [2.05, 4.69) is 85.4 Å². The lowest BCUT2D eigenvalue weighted by molar-refractivity contribution is -0.121. The third-order valence-electron chi connectivity index (χ3n) is 17.2. The maximum Gasteiger partial charge on any atom is 0.315 e. The number of fused-ring (bicyclic) bond motifs is 2. The molecule has 0 unspecified atom stereocenters. The van der Waals surface area contributed by atoms with Crippen molar-refractivity contribution in [3.05, 3.63) is 72.1 Å². The lowest BCUT2D eigenvalue weighted by atomic mass is 9.90. The van der Waals surface area contributed by atoms with E-state index < -0.39 is 0 Å². The van der Waals surface area contributed by atoms with E-state index in [9.17, 15) is 38.4 Å². The van der Waals surface area contributed by atoms with E-state index in [1.165, 1.54) is 0 Å². The minimum atomic E-state index is -0.297. The van der Waals surface area contributed by atoms with E-state index in [0.717, 1.165) is 90.7 Å². The van der Waals surface area contributed by atoms with E-state index in [-0.39, 0.29) is 95.2 Å². The summed E-state index contributed by atoms with van der Waals surface area (Å²) in [4.78, 5) is 108. The minimum Gasteiger partial charge on any atom is -0.361 e. The number of hydrogen-bond acceptors (Lipinski definition) is 11. The van der Waals surface area contributed by atoms with Gasteiger partial charge in [0.25, 0.3) is 0 Å². The van der Waals surface area contributed by atoms with Crippen LogP contribution in [0.3, 0.4) is 0 Å². The number of para-hydroxylation sites is 2. The van der Waals surface area contributed by atoms with Crippen LogP contribution in [-0.4, -0.2) is 127 Å². The first-order valence-corrected chi connectivity index (χ1v) is 34.5. The van der Waals surface area contributed by atoms with Gasteiger partial charge in [0, 0.05) is 129 Å². The summed E-state index contributed by atoms with van der Waals surface area (Å²) in [7, 11) is 0. The predicted molar refractivity (Wildman–Crippen MR) is 372 cm³/mol. The summed E-state index contributed by atoms with van der Waals surface area (Å²) in [6.45, 7) is 20.7. The van der Waals surface area contributed by atoms with Gasteiger partial charge < -0.3 is 74.5 Å². The van der Waals surface area contributed by atoms with Gasteiger partial charge in [-0.05, 0) is 177 Å². The van der Waals surface area contributed by atoms with Crippen LogP contribution in [0.25, 0.3) is 21.8 Å². The summed E-state index contributed by atoms with van der Waals surface area (Å²) < 4.78 is 0. The lowest BCUT2D eigenvalue weighted by Crippen LogP contribution is -2.46. The number of nitrogens with one attached hydrogen (secondary N) is 10. The van der Waals surface area contributed by atoms with Crippen molar-refractivity contribution in [1.82, 2.24) is 52.5 Å². The summed E-state index contributed by atoms with van der Waals surface area (Å²) >= 11 is 0. The summed E-state index contributed by atoms with van der Waals surface area (Å²) in [5.41, 5.74) is 21.3. The smallest absolute Gasteiger partial charge is 0.315 e. The van der Waals surface area contributed by atoms with Gasteiger partial charge in [-0.3, -0.25) is 14.4 Å². The largest absolute Gasteiger partial charge is 0.361 e. The summed E-state index contributed by atoms with van der Waals surface area (Å²) in [5.74, 6) is 1.34. The number of aromatic nitrogens is 2. The van der Waals surface area contributed by atoms with Crippen LogP contribution in [0.2, 0.25) is 0 Å². The molecule has 0 aliphatic rings. The topological polar surface area (TPSA) is 342 Å². The number of H-pyrrole nitrogens is 2. The summed E-state index contributed by atoms with van der Waals surface area (Å²) in [6, 6.07) is 14.5. The fraction of sp³-hybridized carbons (Fsp3) is 0.662. The van der Waals surface area contributed by atoms with Gasteiger partial charge in [-0.2, -0.15) is 0 Å². The van der Waals surface area contributed by atoms with E-state index >= 15 is 0 Å². The molecule has 0 saturated heterocycles. The fourth-order valence-corrected chi connectivity index (χ4v) is 11.4. The Morgan fingerprint density at radius 2 is 0.891 bits per heavy atom. The molecule has 21 nitrogen and oxygen atoms in total. The van der Waals surface area contributed by atoms with Gasteiger partial charge in [0.15, 0.2) is 0 Å². The highest BCUT2D eigenvalue weighted by Gasteiger charge is 2.25. The van der Waals surface area contributed by atoms with E-state index in [0.29, 0.717) is 135 Å². The lowest BCUT2D eigenvalue weighted by Gasteiger charge is -2.24. The highest BCUT2D eigenvalue weighted by Crippen LogP contribution is 2.25. The molecule has 92 heavy (non-hydrogen) atoms. The maximum atomic E-state index is 13.3. The molecule has 0 aliphatic heterocycles. The number of nitrogens with two attached hydrogens (primary N) is 3. The first-order valence-electron chi connectivity index (χ1n) is 34.5. The second-order valence-corrected chi connectivity index (χ2v) is 26.4. The molecule has 2 aromatic heterocycles. The van der Waals surface area contributed by atoms with Crippen molar-refractivity contribution in [2.24, 2.45) is 46.8 Å². The Bertz CT molecular complexity index is 2800. The van der Waals surface area contributed by atoms with Crippen molar-refractivity contribution in [2.45, 2.75) is 234 Å². The molecular formula is C71H119N13O8. The van der Waals surface area contributed by atoms with Gasteiger partial charge in [0.1, 0.15) is 23.1 Å². The standard InChI is InChI=1S/C38H64N6O4.C33H55N7O4/c1-25(2)28(7)20-32(45)16-15-31(22-30-24-40-36-14-9-8-13-34(30)36)43-37(47)41-23-29(12-10-11-19-39)21-33(46)17-18-35(26(3)4)44-38(48)42-27(5)6;1-3-36-32(43)39-28(11-7-9-19-35)16-17-29(42)21-25(20-26-23-37-31-13-5-4-12-30(26)31)22-38-33(44)40-27(10-6-8-18-34)15-14-24(2)41/h8-9,13-14,24-29,31,35,40H,10-12,15-23,39H2,1-7H3,(H2,41,43,47)(H2,42,44,48);4-5,12-13,23,25,27-28,37H,3,6-11,14-22,34-35H2,1-2H3,(H2,36,39,43)(H2,38,40,44)/t28-,29+,31+,35+;25-,27+,28+/m01/s1. The molecule has 8 amide bonds. The van der Waals surface area contributed by atoms with Crippen molar-refractivity contribution in [2.75, 3.05) is 39.3 Å². The Kier molecular flexibility index (Phi) is 39.2. The summed E-state index contributed by atoms with van der Waals surface area (Å²) in [6.07, 6.45) is 17.7. The van der Waals surface area contributed by atoms with Crippen molar-refractivity contribution in [3.63, 3.8) is 0 Å². The zero-order valence-electron chi connectivity index (χ0n) is 57.3. The van der Waals surface area contributed by atoms with Gasteiger partial charge in [0.05, 0.1) is 0 Å². The van der Waals surface area contributed by atoms with Crippen molar-refractivity contribution < 1.29 is 38.4 Å². The molecule has 0 spiro atoms. The first kappa shape index (κ1) is 79.4. The van der Waals surface area contributed by atoms with Crippen LogP contribution in [0.5, 0.6) is 0 Å². The van der Waals surface area contributed by atoms with E-state index in [4.69, 9.17) is 17.2 Å². The van der Waals surface area contributed by atoms with Crippen molar-refractivity contribution in [3.8, 4) is 0 Å². The minimum absolute atomic E-state index is 0.0179. The third kappa shape index (κ3) is 33.6. The average molecular weight is 1280 g/mol. The quantitative estimate of drug-likeness (QED) is 0.0184. The molecule has 4 aromatic rings. The van der Waals surface area contributed by atoms with Crippen LogP contribution in [0.15, 0.2) is 60.9 Å². The Morgan fingerprint density at radius 1 is 0.446 bits per heavy atom. The number of carbonyl (C=O) groups is 8. The zero-order chi connectivity index (χ0) is 67.8. The van der Waals surface area contributed by atoms with E-state index in [1.54, 1.807) is 6.92 Å². The molecule has 2 heterocycles. The number of Topliss-reactive ketones (excluding diaryl/α,β-unsaturated/α-hetero) is 4. The van der Waals surface area contributed by atoms with Gasteiger partial charge in [0.2, 0.25) is 0 Å². The van der Waals surface area contributed by atoms with Crippen LogP contribution in [0.4, 0.5) is 19.2 Å². The average Bonchev–Trinajstić information content (AvgIpc) is 1.86. The van der Waals surface area contributed by atoms with Crippen LogP contribution < -0.4 is 59.7 Å². The molecule has 0 aliphatic carbocycles. The Balaban J connectivity index is 0.000000482. The van der Waals surface area contributed by atoms with Crippen LogP contribution in [0, 0.1) is 29.6 Å². The molecule has 7 atom stereocenters. The monoisotopic (exact) mass is 1280 g/mol. The van der Waals surface area contributed by atoms with Gasteiger partial charge in [-0.25, -0.2) is 19.2 Å². The fourth-order valence-electron chi connectivity index (χ4n) is 11.4. The van der Waals surface area contributed by atoms with Crippen molar-refractivity contribution in [1.29, 1.82) is 0 Å². The van der Waals surface area contributed by atoms with Gasteiger partial charge in [-0.1, -0.05) is 90.3 Å². The molecule has 0 fully saturated rings. The molecule has 0 bridgehead atoms. The highest BCUT2D eigenvalue weighted by atomic mass is 16.2. The normalized spacial score (nSPS) is 13.7. The Labute approximate surface area is 549 Å². The molecule has 4 rings (SSSR count). The predicted octanol–water partition coefficient (Wildman–Crippen LogP) is 10.7. The molecule has 0 radical (unpaired) electrons. The number of urea groups is 4. The number of amides is 8. The number of unbranched alkanes of at least 4 members (excludes halogenated alkanes) is 3. The zero-order valence-corrected chi connectivity index (χ0v) is 57.3. The number of ketones is 4. The van der Waals surface area contributed by atoms with Crippen LogP contribution in [0.1, 0.15) is 202 Å². The second kappa shape index (κ2) is 45.5. The van der Waals surface area contributed by atoms with Gasteiger partial charge in [-0.15, -0.1) is 0 Å². The molecule has 16 N–H and O–H groups in total. The SMILES string of the molecule is CC(C)NC(=O)N[C@H](CCC(=O)C[C@@H](CCCCN)CNC(=O)N[C@H](CCC(=O)C[C@H](C)C(C)C)Cc1c[nH]c2ccccc12)C(C)C.CCNC(=O)N[C@@H](CCCCN)CCC(=O)C[C@H](CNC(=O)N[C@@H](CCCCN)CCC(C)=O)Cc1c[nH]c2ccccc12. The molecule has 0 saturated carbocycles. The number of hydrogen-bond donors (Lipinski definition) is 13. The molecule has 516 valence electrons. The first-order chi connectivity index (χ1) is 44.0. The molecule has 2 aromatic carbocycles. The van der Waals surface area contributed by atoms with Crippen LogP contribution >= 0.6 is 0 Å². The van der Waals surface area contributed by atoms with E-state index in [1.807, 2.05) is 83.4 Å². The van der Waals surface area contributed by atoms with Crippen molar-refractivity contribution >= 4 is 69.1 Å². The number of carbonyl (C=O) groups excluding carboxylic acids is 8. The summed E-state index contributed by atoms with van der Waals surface area (Å²) in [5, 5.41) is 26.0. The maximum absolute atomic E-state index is 13.3. The second-order valence-electron chi connectivity index (χ2n) is 26.4. The Morgan fingerprint density at radius 3 is 1.39 bits per heavy atom. The van der Waals surface area contributed by atoms with Crippen LogP contribution in [-0.2, 0) is 32.0 Å². The molecule has 21 heteroatoms. The number of aromatic amines is 2. The number of rotatable bonds is 46. The highest BCUT2D eigenvalue weighted by molar-refractivity contribution is 5.85.